The summed E-state index contributed by atoms with van der Waals surface area (Å²) in [5.74, 6) is 0.403. The molecule has 1 aromatic heterocycles. The van der Waals surface area contributed by atoms with Gasteiger partial charge in [0.25, 0.3) is 0 Å². The Morgan fingerprint density at radius 3 is 3.21 bits per heavy atom. The maximum atomic E-state index is 11.0. The summed E-state index contributed by atoms with van der Waals surface area (Å²) in [6, 6.07) is -0.342. The van der Waals surface area contributed by atoms with E-state index in [0.717, 1.165) is 0 Å². The van der Waals surface area contributed by atoms with Crippen LogP contribution in [0.3, 0.4) is 0 Å². The summed E-state index contributed by atoms with van der Waals surface area (Å²) in [6.45, 7) is 5.31. The Morgan fingerprint density at radius 2 is 2.64 bits per heavy atom. The lowest BCUT2D eigenvalue weighted by atomic mass is 10.3. The lowest BCUT2D eigenvalue weighted by molar-refractivity contribution is 0.154. The second-order valence-corrected chi connectivity index (χ2v) is 2.52. The van der Waals surface area contributed by atoms with Gasteiger partial charge in [0.05, 0.1) is 6.04 Å². The molecule has 7 nitrogen and oxygen atoms in total. The molecular formula is C7H11N5O2. The third kappa shape index (κ3) is 2.85. The van der Waals surface area contributed by atoms with Gasteiger partial charge >= 0.3 is 6.09 Å². The van der Waals surface area contributed by atoms with Crippen LogP contribution in [0.25, 0.3) is 0 Å². The van der Waals surface area contributed by atoms with E-state index in [1.807, 2.05) is 0 Å². The van der Waals surface area contributed by atoms with Crippen LogP contribution < -0.4 is 5.32 Å². The molecule has 0 aromatic carbocycles. The van der Waals surface area contributed by atoms with Crippen LogP contribution in [0, 0.1) is 0 Å². The molecule has 7 heteroatoms. The first-order chi connectivity index (χ1) is 6.74. The molecule has 2 N–H and O–H groups in total. The van der Waals surface area contributed by atoms with Gasteiger partial charge in [-0.15, -0.1) is 10.2 Å². The Hall–Kier alpha value is -1.92. The van der Waals surface area contributed by atoms with E-state index in [2.05, 4.69) is 32.5 Å². The van der Waals surface area contributed by atoms with E-state index in [9.17, 15) is 4.79 Å². The maximum Gasteiger partial charge on any atom is 0.408 e. The Morgan fingerprint density at radius 1 is 1.86 bits per heavy atom. The van der Waals surface area contributed by atoms with Crippen molar-refractivity contribution in [2.24, 2.45) is 0 Å². The zero-order valence-corrected chi connectivity index (χ0v) is 7.73. The Labute approximate surface area is 80.5 Å². The average molecular weight is 197 g/mol. The molecule has 0 aliphatic rings. The van der Waals surface area contributed by atoms with Crippen LogP contribution in [0.15, 0.2) is 12.7 Å². The molecule has 14 heavy (non-hydrogen) atoms. The molecule has 0 saturated heterocycles. The summed E-state index contributed by atoms with van der Waals surface area (Å²) in [5.41, 5.74) is 0. The minimum atomic E-state index is -0.540. The number of nitrogens with zero attached hydrogens (tertiary/aromatic N) is 3. The van der Waals surface area contributed by atoms with Crippen molar-refractivity contribution in [3.8, 4) is 0 Å². The van der Waals surface area contributed by atoms with Crippen molar-refractivity contribution in [2.45, 2.75) is 13.0 Å². The van der Waals surface area contributed by atoms with Crippen molar-refractivity contribution in [2.75, 3.05) is 6.61 Å². The predicted octanol–water partition coefficient (Wildman–Crippen LogP) is 0.173. The van der Waals surface area contributed by atoms with Crippen LogP contribution >= 0.6 is 0 Å². The van der Waals surface area contributed by atoms with Crippen LogP contribution in [0.1, 0.15) is 18.8 Å². The molecule has 0 saturated carbocycles. The topological polar surface area (TPSA) is 92.8 Å². The third-order valence-electron chi connectivity index (χ3n) is 1.42. The Balaban J connectivity index is 2.37. The van der Waals surface area contributed by atoms with E-state index in [1.165, 1.54) is 6.08 Å². The van der Waals surface area contributed by atoms with Crippen molar-refractivity contribution >= 4 is 6.09 Å². The molecule has 0 aliphatic carbocycles. The SMILES string of the molecule is C=CCOC(=O)NC(C)c1nn[nH]n1. The molecular weight excluding hydrogens is 186 g/mol. The van der Waals surface area contributed by atoms with E-state index in [-0.39, 0.29) is 12.6 Å². The summed E-state index contributed by atoms with van der Waals surface area (Å²) < 4.78 is 4.71. The number of hydrogen-bond donors (Lipinski definition) is 2. The predicted molar refractivity (Wildman–Crippen MR) is 47.3 cm³/mol. The van der Waals surface area contributed by atoms with Crippen LogP contribution in [0.2, 0.25) is 0 Å². The highest BCUT2D eigenvalue weighted by Gasteiger charge is 2.13. The van der Waals surface area contributed by atoms with Crippen LogP contribution in [0.5, 0.6) is 0 Å². The summed E-state index contributed by atoms with van der Waals surface area (Å²) in [6.07, 6.45) is 0.945. The summed E-state index contributed by atoms with van der Waals surface area (Å²) >= 11 is 0. The van der Waals surface area contributed by atoms with Crippen LogP contribution in [0.4, 0.5) is 4.79 Å². The third-order valence-corrected chi connectivity index (χ3v) is 1.42. The summed E-state index contributed by atoms with van der Waals surface area (Å²) in [7, 11) is 0. The fraction of sp³-hybridized carbons (Fsp3) is 0.429. The fourth-order valence-electron chi connectivity index (χ4n) is 0.771. The zero-order valence-electron chi connectivity index (χ0n) is 7.73. The van der Waals surface area contributed by atoms with Gasteiger partial charge in [0, 0.05) is 0 Å². The number of amides is 1. The van der Waals surface area contributed by atoms with Crippen molar-refractivity contribution in [1.82, 2.24) is 25.9 Å². The molecule has 1 rings (SSSR count). The Bertz CT molecular complexity index is 297. The highest BCUT2D eigenvalue weighted by atomic mass is 16.5. The van der Waals surface area contributed by atoms with Crippen molar-refractivity contribution < 1.29 is 9.53 Å². The number of ether oxygens (including phenoxy) is 1. The summed E-state index contributed by atoms with van der Waals surface area (Å²) in [4.78, 5) is 11.0. The lowest BCUT2D eigenvalue weighted by Gasteiger charge is -2.08. The highest BCUT2D eigenvalue weighted by molar-refractivity contribution is 5.67. The quantitative estimate of drug-likeness (QED) is 0.671. The number of H-pyrrole nitrogens is 1. The molecule has 0 spiro atoms. The maximum absolute atomic E-state index is 11.0. The molecule has 1 amide bonds. The first-order valence-electron chi connectivity index (χ1n) is 4.01. The van der Waals surface area contributed by atoms with E-state index >= 15 is 0 Å². The number of hydrogen-bond acceptors (Lipinski definition) is 5. The van der Waals surface area contributed by atoms with E-state index in [0.29, 0.717) is 5.82 Å². The minimum Gasteiger partial charge on any atom is -0.445 e. The van der Waals surface area contributed by atoms with Crippen molar-refractivity contribution in [3.05, 3.63) is 18.5 Å². The largest absolute Gasteiger partial charge is 0.445 e. The highest BCUT2D eigenvalue weighted by Crippen LogP contribution is 2.02. The van der Waals surface area contributed by atoms with Crippen molar-refractivity contribution in [3.63, 3.8) is 0 Å². The molecule has 1 unspecified atom stereocenters. The van der Waals surface area contributed by atoms with E-state index in [1.54, 1.807) is 6.92 Å². The average Bonchev–Trinajstić information content (AvgIpc) is 2.67. The van der Waals surface area contributed by atoms with Gasteiger partial charge in [0.1, 0.15) is 6.61 Å². The number of aromatic amines is 1. The fourth-order valence-corrected chi connectivity index (χ4v) is 0.771. The zero-order chi connectivity index (χ0) is 10.4. The van der Waals surface area contributed by atoms with Gasteiger partial charge < -0.3 is 10.1 Å². The van der Waals surface area contributed by atoms with E-state index in [4.69, 9.17) is 4.74 Å². The first kappa shape index (κ1) is 10.2. The van der Waals surface area contributed by atoms with Crippen LogP contribution in [-0.4, -0.2) is 33.3 Å². The molecule has 1 aromatic rings. The number of nitrogens with one attached hydrogen (secondary N) is 2. The van der Waals surface area contributed by atoms with Gasteiger partial charge in [-0.25, -0.2) is 4.79 Å². The van der Waals surface area contributed by atoms with Gasteiger partial charge in [0.15, 0.2) is 5.82 Å². The number of alkyl carbamates (subject to hydrolysis) is 1. The molecule has 0 bridgehead atoms. The first-order valence-corrected chi connectivity index (χ1v) is 4.01. The number of carbonyl (C=O) groups excluding carboxylic acids is 1. The smallest absolute Gasteiger partial charge is 0.408 e. The van der Waals surface area contributed by atoms with Gasteiger partial charge in [-0.2, -0.15) is 5.21 Å². The molecule has 1 atom stereocenters. The van der Waals surface area contributed by atoms with Gasteiger partial charge in [-0.1, -0.05) is 17.9 Å². The number of carbonyl (C=O) groups is 1. The van der Waals surface area contributed by atoms with Gasteiger partial charge in [0.2, 0.25) is 0 Å². The second-order valence-electron chi connectivity index (χ2n) is 2.52. The number of aromatic nitrogens is 4. The summed E-state index contributed by atoms with van der Waals surface area (Å²) in [5, 5.41) is 15.6. The number of rotatable bonds is 4. The number of tetrazole rings is 1. The van der Waals surface area contributed by atoms with Crippen LogP contribution in [-0.2, 0) is 4.74 Å². The standard InChI is InChI=1S/C7H11N5O2/c1-3-4-14-7(13)8-5(2)6-9-11-12-10-6/h3,5H,1,4H2,2H3,(H,8,13)(H,9,10,11,12). The molecule has 76 valence electrons. The van der Waals surface area contributed by atoms with Gasteiger partial charge in [-0.05, 0) is 6.92 Å². The molecule has 0 radical (unpaired) electrons. The Kier molecular flexibility index (Phi) is 3.59. The van der Waals surface area contributed by atoms with E-state index < -0.39 is 6.09 Å². The molecule has 0 aliphatic heterocycles. The monoisotopic (exact) mass is 197 g/mol. The van der Waals surface area contributed by atoms with Gasteiger partial charge in [-0.3, -0.25) is 0 Å². The minimum absolute atomic E-state index is 0.171. The molecule has 1 heterocycles. The molecule has 0 fully saturated rings. The lowest BCUT2D eigenvalue weighted by Crippen LogP contribution is -2.28. The second kappa shape index (κ2) is 4.95. The van der Waals surface area contributed by atoms with Crippen molar-refractivity contribution in [1.29, 1.82) is 0 Å². The normalized spacial score (nSPS) is 11.8.